The van der Waals surface area contributed by atoms with Gasteiger partial charge in [-0.3, -0.25) is 0 Å². The molecule has 1 aliphatic heterocycles. The molecule has 0 spiro atoms. The van der Waals surface area contributed by atoms with Crippen molar-refractivity contribution in [3.8, 4) is 0 Å². The van der Waals surface area contributed by atoms with E-state index in [-0.39, 0.29) is 16.9 Å². The van der Waals surface area contributed by atoms with Crippen LogP contribution in [0.15, 0.2) is 71.1 Å². The van der Waals surface area contributed by atoms with Gasteiger partial charge in [0.15, 0.2) is 6.54 Å². The summed E-state index contributed by atoms with van der Waals surface area (Å²) in [6, 6.07) is 16.3. The summed E-state index contributed by atoms with van der Waals surface area (Å²) in [7, 11) is -2.13. The maximum absolute atomic E-state index is 11.6. The zero-order chi connectivity index (χ0) is 22.4. The van der Waals surface area contributed by atoms with Gasteiger partial charge < -0.3 is 13.8 Å². The number of morpholine rings is 1. The Balaban J connectivity index is 0.000000248. The molecule has 1 fully saturated rings. The van der Waals surface area contributed by atoms with Crippen molar-refractivity contribution in [1.29, 1.82) is 0 Å². The first-order valence-corrected chi connectivity index (χ1v) is 11.1. The van der Waals surface area contributed by atoms with Crippen LogP contribution in [-0.4, -0.2) is 50.2 Å². The number of hydrogen-bond acceptors (Lipinski definition) is 5. The molecule has 1 heterocycles. The SMILES string of the molecule is CC(C)=CC[N@+]1(C)CC(=O)OC[C@H]1c1ccccc1.Cc1ccc(S(=O)(=O)[O-])cc1. The third-order valence-electron chi connectivity index (χ3n) is 5.06. The van der Waals surface area contributed by atoms with Crippen LogP contribution in [0.1, 0.15) is 31.0 Å². The molecule has 2 atom stereocenters. The summed E-state index contributed by atoms with van der Waals surface area (Å²) in [5, 5.41) is 0. The predicted octanol–water partition coefficient (Wildman–Crippen LogP) is 3.60. The first-order chi connectivity index (χ1) is 14.0. The van der Waals surface area contributed by atoms with E-state index in [1.54, 1.807) is 12.1 Å². The lowest BCUT2D eigenvalue weighted by molar-refractivity contribution is -0.932. The van der Waals surface area contributed by atoms with Crippen LogP contribution in [0, 0.1) is 6.92 Å². The van der Waals surface area contributed by atoms with Crippen molar-refractivity contribution in [2.24, 2.45) is 0 Å². The van der Waals surface area contributed by atoms with Crippen molar-refractivity contribution in [3.05, 3.63) is 77.4 Å². The summed E-state index contributed by atoms with van der Waals surface area (Å²) in [5.41, 5.74) is 3.45. The zero-order valence-electron chi connectivity index (χ0n) is 17.9. The molecular weight excluding hydrogens is 402 g/mol. The fourth-order valence-electron chi connectivity index (χ4n) is 3.22. The Kier molecular flexibility index (Phi) is 7.95. The third kappa shape index (κ3) is 6.79. The Morgan fingerprint density at radius 1 is 1.13 bits per heavy atom. The molecule has 2 aromatic rings. The van der Waals surface area contributed by atoms with Crippen LogP contribution in [0.5, 0.6) is 0 Å². The lowest BCUT2D eigenvalue weighted by Gasteiger charge is -2.43. The summed E-state index contributed by atoms with van der Waals surface area (Å²) in [6.45, 7) is 7.76. The average Bonchev–Trinajstić information content (AvgIpc) is 2.67. The van der Waals surface area contributed by atoms with Crippen LogP contribution in [0.3, 0.4) is 0 Å². The van der Waals surface area contributed by atoms with Gasteiger partial charge in [0.25, 0.3) is 0 Å². The fraction of sp³-hybridized carbons (Fsp3) is 0.348. The number of allylic oxidation sites excluding steroid dienone is 1. The number of carbonyl (C=O) groups is 1. The van der Waals surface area contributed by atoms with Crippen LogP contribution in [-0.2, 0) is 19.6 Å². The number of likely N-dealkylation sites (N-methyl/N-ethyl adjacent to an activating group) is 1. The summed E-state index contributed by atoms with van der Waals surface area (Å²) in [4.78, 5) is 11.5. The molecule has 0 radical (unpaired) electrons. The first kappa shape index (κ1) is 23.8. The largest absolute Gasteiger partial charge is 0.744 e. The standard InChI is InChI=1S/C16H22NO2.C7H8O3S/c1-13(2)9-10-17(3)11-16(18)19-12-15(17)14-7-5-4-6-8-14;1-6-2-4-7(5-3-6)11(8,9)10/h4-9,15H,10-12H2,1-3H3;2-5H,1H3,(H,8,9,10)/q+1;/p-1/t15-,17+;/m0./s1. The summed E-state index contributed by atoms with van der Waals surface area (Å²) in [6.07, 6.45) is 2.20. The number of cyclic esters (lactones) is 1. The first-order valence-electron chi connectivity index (χ1n) is 9.72. The van der Waals surface area contributed by atoms with Crippen molar-refractivity contribution in [1.82, 2.24) is 0 Å². The highest BCUT2D eigenvalue weighted by molar-refractivity contribution is 7.85. The van der Waals surface area contributed by atoms with E-state index in [4.69, 9.17) is 4.74 Å². The topological polar surface area (TPSA) is 83.5 Å². The second-order valence-electron chi connectivity index (χ2n) is 7.98. The van der Waals surface area contributed by atoms with Crippen molar-refractivity contribution in [3.63, 3.8) is 0 Å². The van der Waals surface area contributed by atoms with Gasteiger partial charge in [-0.1, -0.05) is 53.6 Å². The molecule has 0 aromatic heterocycles. The number of rotatable bonds is 4. The normalized spacial score (nSPS) is 21.1. The number of nitrogens with zero attached hydrogens (tertiary/aromatic N) is 1. The van der Waals surface area contributed by atoms with Gasteiger partial charge in [-0.15, -0.1) is 0 Å². The van der Waals surface area contributed by atoms with Crippen molar-refractivity contribution >= 4 is 16.1 Å². The number of ether oxygens (including phenoxy) is 1. The second-order valence-corrected chi connectivity index (χ2v) is 9.36. The molecule has 0 bridgehead atoms. The molecule has 162 valence electrons. The summed E-state index contributed by atoms with van der Waals surface area (Å²) < 4.78 is 37.1. The molecular formula is C23H29NO5S. The Hall–Kier alpha value is -2.48. The minimum atomic E-state index is -4.27. The molecule has 0 aliphatic carbocycles. The van der Waals surface area contributed by atoms with E-state index in [0.29, 0.717) is 17.6 Å². The maximum atomic E-state index is 11.6. The smallest absolute Gasteiger partial charge is 0.362 e. The molecule has 1 saturated heterocycles. The van der Waals surface area contributed by atoms with Gasteiger partial charge in [0, 0.05) is 5.56 Å². The van der Waals surface area contributed by atoms with Gasteiger partial charge in [0.1, 0.15) is 22.8 Å². The third-order valence-corrected chi connectivity index (χ3v) is 5.91. The quantitative estimate of drug-likeness (QED) is 0.320. The van der Waals surface area contributed by atoms with Crippen molar-refractivity contribution < 1.29 is 27.0 Å². The number of quaternary nitrogens is 1. The van der Waals surface area contributed by atoms with E-state index in [0.717, 1.165) is 12.1 Å². The predicted molar refractivity (Wildman–Crippen MR) is 115 cm³/mol. The molecule has 30 heavy (non-hydrogen) atoms. The van der Waals surface area contributed by atoms with Crippen molar-refractivity contribution in [2.45, 2.75) is 31.7 Å². The Labute approximate surface area is 179 Å². The van der Waals surface area contributed by atoms with E-state index >= 15 is 0 Å². The summed E-state index contributed by atoms with van der Waals surface area (Å²) in [5.74, 6) is -0.100. The fourth-order valence-corrected chi connectivity index (χ4v) is 3.69. The number of benzene rings is 2. The van der Waals surface area contributed by atoms with E-state index < -0.39 is 10.1 Å². The van der Waals surface area contributed by atoms with Gasteiger partial charge in [-0.25, -0.2) is 13.2 Å². The minimum Gasteiger partial charge on any atom is -0.744 e. The van der Waals surface area contributed by atoms with Gasteiger partial charge >= 0.3 is 5.97 Å². The average molecular weight is 432 g/mol. The molecule has 6 nitrogen and oxygen atoms in total. The molecule has 0 unspecified atom stereocenters. The molecule has 3 rings (SSSR count). The lowest BCUT2D eigenvalue weighted by atomic mass is 10.0. The maximum Gasteiger partial charge on any atom is 0.362 e. The Bertz CT molecular complexity index is 980. The van der Waals surface area contributed by atoms with E-state index in [9.17, 15) is 17.8 Å². The van der Waals surface area contributed by atoms with E-state index in [2.05, 4.69) is 39.1 Å². The Morgan fingerprint density at radius 3 is 2.27 bits per heavy atom. The number of esters is 1. The van der Waals surface area contributed by atoms with Crippen molar-refractivity contribution in [2.75, 3.05) is 26.7 Å². The minimum absolute atomic E-state index is 0.100. The number of aryl methyl sites for hydroxylation is 1. The molecule has 0 amide bonds. The molecule has 1 aliphatic rings. The van der Waals surface area contributed by atoms with Gasteiger partial charge in [-0.05, 0) is 39.0 Å². The molecule has 0 N–H and O–H groups in total. The number of carbonyl (C=O) groups excluding carboxylic acids is 1. The van der Waals surface area contributed by atoms with E-state index in [1.807, 2.05) is 25.1 Å². The zero-order valence-corrected chi connectivity index (χ0v) is 18.7. The highest BCUT2D eigenvalue weighted by Gasteiger charge is 2.40. The van der Waals surface area contributed by atoms with Gasteiger partial charge in [0.2, 0.25) is 0 Å². The lowest BCUT2D eigenvalue weighted by Crippen LogP contribution is -2.55. The van der Waals surface area contributed by atoms with Gasteiger partial charge in [-0.2, -0.15) is 0 Å². The second kappa shape index (κ2) is 10.0. The molecule has 7 heteroatoms. The Morgan fingerprint density at radius 2 is 1.73 bits per heavy atom. The highest BCUT2D eigenvalue weighted by Crippen LogP contribution is 2.30. The highest BCUT2D eigenvalue weighted by atomic mass is 32.2. The van der Waals surface area contributed by atoms with Crippen LogP contribution < -0.4 is 0 Å². The van der Waals surface area contributed by atoms with E-state index in [1.165, 1.54) is 23.3 Å². The monoisotopic (exact) mass is 431 g/mol. The van der Waals surface area contributed by atoms with Gasteiger partial charge in [0.05, 0.1) is 18.5 Å². The molecule has 2 aromatic carbocycles. The van der Waals surface area contributed by atoms with Crippen LogP contribution in [0.25, 0.3) is 0 Å². The van der Waals surface area contributed by atoms with Crippen LogP contribution in [0.4, 0.5) is 0 Å². The molecule has 0 saturated carbocycles. The summed E-state index contributed by atoms with van der Waals surface area (Å²) >= 11 is 0. The number of hydrogen-bond donors (Lipinski definition) is 0. The van der Waals surface area contributed by atoms with Crippen LogP contribution >= 0.6 is 0 Å². The van der Waals surface area contributed by atoms with Crippen LogP contribution in [0.2, 0.25) is 0 Å².